The summed E-state index contributed by atoms with van der Waals surface area (Å²) in [6.07, 6.45) is -4.46. The molecule has 0 aliphatic carbocycles. The Morgan fingerprint density at radius 3 is 1.41 bits per heavy atom. The lowest BCUT2D eigenvalue weighted by molar-refractivity contribution is -0.137. The van der Waals surface area contributed by atoms with Gasteiger partial charge in [-0.25, -0.2) is 0 Å². The molecule has 0 amide bonds. The van der Waals surface area contributed by atoms with Gasteiger partial charge in [-0.15, -0.1) is 0 Å². The summed E-state index contributed by atoms with van der Waals surface area (Å²) in [6.45, 7) is 0. The molecule has 10 rings (SSSR count). The highest BCUT2D eigenvalue weighted by Gasteiger charge is 2.31. The van der Waals surface area contributed by atoms with Crippen LogP contribution in [0.5, 0.6) is 0 Å². The first-order valence-corrected chi connectivity index (χ1v) is 17.8. The molecule has 54 heavy (non-hydrogen) atoms. The molecule has 0 saturated heterocycles. The van der Waals surface area contributed by atoms with Crippen molar-refractivity contribution < 1.29 is 17.6 Å². The van der Waals surface area contributed by atoms with E-state index in [0.29, 0.717) is 10.9 Å². The SMILES string of the molecule is FC(F)(F)c1ccc2c(c1)c1cc(-c3ccccc3)ccc1n2-c1ccc2oc3ccc(-c4cccc(-c5cccc(-c6ccccc6)c5)c4)cc3c2c1. The van der Waals surface area contributed by atoms with Gasteiger partial charge in [0, 0.05) is 27.2 Å². The quantitative estimate of drug-likeness (QED) is 0.174. The van der Waals surface area contributed by atoms with Crippen LogP contribution in [0, 0.1) is 0 Å². The van der Waals surface area contributed by atoms with Crippen LogP contribution in [0.4, 0.5) is 13.2 Å². The van der Waals surface area contributed by atoms with Gasteiger partial charge in [-0.1, -0.05) is 109 Å². The number of alkyl halides is 3. The Balaban J connectivity index is 1.10. The van der Waals surface area contributed by atoms with Gasteiger partial charge in [0.25, 0.3) is 0 Å². The molecule has 2 nitrogen and oxygen atoms in total. The Kier molecular flexibility index (Phi) is 7.31. The van der Waals surface area contributed by atoms with Gasteiger partial charge in [0.05, 0.1) is 16.6 Å². The normalized spacial score (nSPS) is 12.0. The van der Waals surface area contributed by atoms with Crippen LogP contribution in [0.1, 0.15) is 5.56 Å². The Morgan fingerprint density at radius 2 is 0.796 bits per heavy atom. The second kappa shape index (κ2) is 12.4. The summed E-state index contributed by atoms with van der Waals surface area (Å²) in [6, 6.07) is 59.7. The first kappa shape index (κ1) is 31.9. The number of hydrogen-bond acceptors (Lipinski definition) is 1. The molecule has 258 valence electrons. The van der Waals surface area contributed by atoms with E-state index in [-0.39, 0.29) is 0 Å². The summed E-state index contributed by atoms with van der Waals surface area (Å²) in [5, 5.41) is 3.20. The Bertz CT molecular complexity index is 3030. The molecular formula is C49H30F3NO. The van der Waals surface area contributed by atoms with Gasteiger partial charge < -0.3 is 8.98 Å². The first-order valence-electron chi connectivity index (χ1n) is 17.8. The van der Waals surface area contributed by atoms with Crippen molar-refractivity contribution in [1.29, 1.82) is 0 Å². The molecule has 0 unspecified atom stereocenters. The fourth-order valence-corrected chi connectivity index (χ4v) is 7.76. The zero-order valence-corrected chi connectivity index (χ0v) is 28.8. The van der Waals surface area contributed by atoms with Crippen LogP contribution in [-0.4, -0.2) is 4.57 Å². The van der Waals surface area contributed by atoms with Gasteiger partial charge >= 0.3 is 6.18 Å². The Labute approximate surface area is 309 Å². The fourth-order valence-electron chi connectivity index (χ4n) is 7.76. The van der Waals surface area contributed by atoms with E-state index in [9.17, 15) is 13.2 Å². The van der Waals surface area contributed by atoms with Crippen LogP contribution in [0.3, 0.4) is 0 Å². The highest BCUT2D eigenvalue weighted by atomic mass is 19.4. The predicted octanol–water partition coefficient (Wildman–Crippen LogP) is 14.4. The van der Waals surface area contributed by atoms with Gasteiger partial charge in [0.1, 0.15) is 11.2 Å². The maximum absolute atomic E-state index is 14.0. The molecule has 0 aliphatic rings. The molecule has 2 aromatic heterocycles. The van der Waals surface area contributed by atoms with Crippen molar-refractivity contribution in [2.24, 2.45) is 0 Å². The summed E-state index contributed by atoms with van der Waals surface area (Å²) in [5.41, 5.74) is 11.9. The third-order valence-electron chi connectivity index (χ3n) is 10.4. The third kappa shape index (κ3) is 5.44. The number of rotatable bonds is 5. The summed E-state index contributed by atoms with van der Waals surface area (Å²) >= 11 is 0. The van der Waals surface area contributed by atoms with E-state index < -0.39 is 11.7 Å². The number of halogens is 3. The minimum atomic E-state index is -4.46. The van der Waals surface area contributed by atoms with Crippen LogP contribution >= 0.6 is 0 Å². The van der Waals surface area contributed by atoms with Crippen molar-refractivity contribution in [2.45, 2.75) is 6.18 Å². The molecule has 0 atom stereocenters. The summed E-state index contributed by atoms with van der Waals surface area (Å²) in [4.78, 5) is 0. The lowest BCUT2D eigenvalue weighted by Gasteiger charge is -2.10. The Morgan fingerprint density at radius 1 is 0.352 bits per heavy atom. The van der Waals surface area contributed by atoms with Crippen molar-refractivity contribution in [1.82, 2.24) is 4.57 Å². The lowest BCUT2D eigenvalue weighted by Crippen LogP contribution is -2.04. The van der Waals surface area contributed by atoms with Crippen molar-refractivity contribution in [2.75, 3.05) is 0 Å². The molecule has 0 saturated carbocycles. The number of aromatic nitrogens is 1. The smallest absolute Gasteiger partial charge is 0.416 e. The fraction of sp³-hybridized carbons (Fsp3) is 0.0204. The second-order valence-corrected chi connectivity index (χ2v) is 13.7. The van der Waals surface area contributed by atoms with E-state index in [1.807, 2.05) is 72.8 Å². The van der Waals surface area contributed by atoms with E-state index in [4.69, 9.17) is 4.42 Å². The van der Waals surface area contributed by atoms with Crippen molar-refractivity contribution in [3.63, 3.8) is 0 Å². The van der Waals surface area contributed by atoms with E-state index in [1.54, 1.807) is 6.07 Å². The van der Waals surface area contributed by atoms with Crippen LogP contribution in [0.15, 0.2) is 186 Å². The number of benzene rings is 8. The molecular weight excluding hydrogens is 676 g/mol. The maximum Gasteiger partial charge on any atom is 0.416 e. The molecule has 0 aliphatic heterocycles. The molecule has 8 aromatic carbocycles. The van der Waals surface area contributed by atoms with Gasteiger partial charge in [-0.2, -0.15) is 13.2 Å². The minimum absolute atomic E-state index is 0.547. The summed E-state index contributed by atoms with van der Waals surface area (Å²) in [5.74, 6) is 0. The molecule has 0 N–H and O–H groups in total. The van der Waals surface area contributed by atoms with Gasteiger partial charge in [-0.05, 0) is 117 Å². The topological polar surface area (TPSA) is 18.1 Å². The first-order chi connectivity index (χ1) is 26.4. The van der Waals surface area contributed by atoms with E-state index in [2.05, 4.69) is 95.6 Å². The third-order valence-corrected chi connectivity index (χ3v) is 10.4. The van der Waals surface area contributed by atoms with Crippen LogP contribution in [0.25, 0.3) is 93.9 Å². The largest absolute Gasteiger partial charge is 0.456 e. The number of fused-ring (bicyclic) bond motifs is 6. The maximum atomic E-state index is 14.0. The average Bonchev–Trinajstić information content (AvgIpc) is 3.75. The van der Waals surface area contributed by atoms with Crippen molar-refractivity contribution in [3.05, 3.63) is 188 Å². The predicted molar refractivity (Wildman–Crippen MR) is 215 cm³/mol. The summed E-state index contributed by atoms with van der Waals surface area (Å²) in [7, 11) is 0. The number of nitrogens with zero attached hydrogens (tertiary/aromatic N) is 1. The van der Waals surface area contributed by atoms with E-state index >= 15 is 0 Å². The number of furan rings is 1. The average molecular weight is 706 g/mol. The second-order valence-electron chi connectivity index (χ2n) is 13.7. The number of hydrogen-bond donors (Lipinski definition) is 0. The molecule has 0 bridgehead atoms. The lowest BCUT2D eigenvalue weighted by atomic mass is 9.96. The summed E-state index contributed by atoms with van der Waals surface area (Å²) < 4.78 is 50.4. The van der Waals surface area contributed by atoms with E-state index in [1.165, 1.54) is 23.3 Å². The van der Waals surface area contributed by atoms with Gasteiger partial charge in [0.15, 0.2) is 0 Å². The Hall–Kier alpha value is -6.85. The van der Waals surface area contributed by atoms with Gasteiger partial charge in [-0.3, -0.25) is 0 Å². The highest BCUT2D eigenvalue weighted by Crippen LogP contribution is 2.41. The van der Waals surface area contributed by atoms with Crippen LogP contribution < -0.4 is 0 Å². The molecule has 5 heteroatoms. The molecule has 10 aromatic rings. The standard InChI is InChI=1S/C49H30F3NO/c50-49(51,52)39-19-22-46-42(29-39)41-27-37(32-11-5-2-6-12-32)17-21-45(41)53(46)40-20-24-48-44(30-40)43-28-38(18-23-47(43)54-48)36-16-8-15-35(26-36)34-14-7-13-33(25-34)31-9-3-1-4-10-31/h1-30H. The van der Waals surface area contributed by atoms with Crippen LogP contribution in [0.2, 0.25) is 0 Å². The molecule has 0 fully saturated rings. The zero-order valence-electron chi connectivity index (χ0n) is 28.8. The van der Waals surface area contributed by atoms with Gasteiger partial charge in [0.2, 0.25) is 0 Å². The highest BCUT2D eigenvalue weighted by molar-refractivity contribution is 6.12. The van der Waals surface area contributed by atoms with Crippen molar-refractivity contribution in [3.8, 4) is 50.2 Å². The van der Waals surface area contributed by atoms with Crippen LogP contribution in [-0.2, 0) is 6.18 Å². The zero-order chi connectivity index (χ0) is 36.4. The monoisotopic (exact) mass is 705 g/mol. The molecule has 0 radical (unpaired) electrons. The van der Waals surface area contributed by atoms with E-state index in [0.717, 1.165) is 71.9 Å². The molecule has 2 heterocycles. The van der Waals surface area contributed by atoms with Crippen molar-refractivity contribution >= 4 is 43.7 Å². The molecule has 0 spiro atoms. The minimum Gasteiger partial charge on any atom is -0.456 e.